The van der Waals surface area contributed by atoms with Gasteiger partial charge in [-0.2, -0.15) is 0 Å². The number of benzene rings is 9. The van der Waals surface area contributed by atoms with Gasteiger partial charge in [0, 0.05) is 32.9 Å². The molecule has 0 unspecified atom stereocenters. The second-order valence-electron chi connectivity index (χ2n) is 12.9. The van der Waals surface area contributed by atoms with E-state index >= 15 is 0 Å². The summed E-state index contributed by atoms with van der Waals surface area (Å²) in [7, 11) is 0. The largest absolute Gasteiger partial charge is 0.307 e. The molecule has 2 nitrogen and oxygen atoms in total. The number of rotatable bonds is 3. The molecule has 2 heterocycles. The zero-order chi connectivity index (χ0) is 31.3. The molecule has 222 valence electrons. The second kappa shape index (κ2) is 9.57. The highest BCUT2D eigenvalue weighted by Gasteiger charge is 2.21. The van der Waals surface area contributed by atoms with E-state index in [1.807, 2.05) is 0 Å². The van der Waals surface area contributed by atoms with Crippen LogP contribution >= 0.6 is 0 Å². The van der Waals surface area contributed by atoms with Crippen molar-refractivity contribution in [2.75, 3.05) is 0 Å². The Morgan fingerprint density at radius 3 is 1.44 bits per heavy atom. The molecule has 0 saturated carbocycles. The van der Waals surface area contributed by atoms with Gasteiger partial charge in [0.2, 0.25) is 0 Å². The van der Waals surface area contributed by atoms with Crippen molar-refractivity contribution in [2.24, 2.45) is 0 Å². The van der Waals surface area contributed by atoms with Gasteiger partial charge in [0.15, 0.2) is 0 Å². The normalized spacial score (nSPS) is 12.2. The maximum atomic E-state index is 2.47. The highest BCUT2D eigenvalue weighted by Crippen LogP contribution is 2.43. The van der Waals surface area contributed by atoms with Gasteiger partial charge in [0.1, 0.15) is 0 Å². The van der Waals surface area contributed by atoms with Crippen LogP contribution in [0.3, 0.4) is 0 Å². The van der Waals surface area contributed by atoms with E-state index in [0.717, 1.165) is 11.4 Å². The summed E-state index contributed by atoms with van der Waals surface area (Å²) >= 11 is 0. The van der Waals surface area contributed by atoms with E-state index in [2.05, 4.69) is 179 Å². The minimum absolute atomic E-state index is 1.15. The van der Waals surface area contributed by atoms with Crippen molar-refractivity contribution >= 4 is 75.9 Å². The van der Waals surface area contributed by atoms with Gasteiger partial charge in [-0.1, -0.05) is 133 Å². The average Bonchev–Trinajstić information content (AvgIpc) is 3.67. The fraction of sp³-hybridized carbons (Fsp3) is 0. The molecule has 0 saturated heterocycles. The van der Waals surface area contributed by atoms with Gasteiger partial charge in [-0.3, -0.25) is 0 Å². The number of fused-ring (bicyclic) bond motifs is 7. The third-order valence-corrected chi connectivity index (χ3v) is 10.4. The van der Waals surface area contributed by atoms with Crippen molar-refractivity contribution in [3.8, 4) is 22.5 Å². The van der Waals surface area contributed by atoms with Crippen LogP contribution in [0.2, 0.25) is 0 Å². The summed E-state index contributed by atoms with van der Waals surface area (Å²) in [6.07, 6.45) is 0. The standard InChI is InChI=1S/C46H28N2/c1-2-11-33(12-3-1)47-41-15-6-4-13-36(41)39-27-28-40-37-14-5-7-16-42(37)48(46(40)45(39)47)34-23-19-29(20-24-34)35-25-21-32-18-17-30-9-8-10-31-22-26-38(35)44(32)43(30)31/h1-28H. The summed E-state index contributed by atoms with van der Waals surface area (Å²) in [6.45, 7) is 0. The van der Waals surface area contributed by atoms with Crippen molar-refractivity contribution in [3.05, 3.63) is 170 Å². The smallest absolute Gasteiger partial charge is 0.0788 e. The van der Waals surface area contributed by atoms with Crippen LogP contribution in [0.1, 0.15) is 0 Å². The lowest BCUT2D eigenvalue weighted by atomic mass is 9.90. The third-order valence-electron chi connectivity index (χ3n) is 10.4. The Morgan fingerprint density at radius 2 is 0.792 bits per heavy atom. The minimum atomic E-state index is 1.15. The van der Waals surface area contributed by atoms with Crippen LogP contribution in [-0.2, 0) is 0 Å². The molecule has 0 fully saturated rings. The molecule has 11 rings (SSSR count). The first-order chi connectivity index (χ1) is 23.8. The average molecular weight is 609 g/mol. The third kappa shape index (κ3) is 3.41. The first-order valence-electron chi connectivity index (χ1n) is 16.6. The monoisotopic (exact) mass is 608 g/mol. The van der Waals surface area contributed by atoms with Crippen molar-refractivity contribution in [1.29, 1.82) is 0 Å². The maximum Gasteiger partial charge on any atom is 0.0788 e. The lowest BCUT2D eigenvalue weighted by Gasteiger charge is -2.15. The zero-order valence-corrected chi connectivity index (χ0v) is 26.1. The number of hydrogen-bond acceptors (Lipinski definition) is 0. The predicted molar refractivity (Wildman–Crippen MR) is 204 cm³/mol. The van der Waals surface area contributed by atoms with Crippen molar-refractivity contribution in [2.45, 2.75) is 0 Å². The second-order valence-corrected chi connectivity index (χ2v) is 12.9. The summed E-state index contributed by atoms with van der Waals surface area (Å²) in [5.41, 5.74) is 9.68. The molecule has 2 heteroatoms. The molecule has 0 bridgehead atoms. The molecule has 0 N–H and O–H groups in total. The van der Waals surface area contributed by atoms with Gasteiger partial charge in [-0.15, -0.1) is 0 Å². The summed E-state index contributed by atoms with van der Waals surface area (Å²) in [5.74, 6) is 0. The fourth-order valence-corrected chi connectivity index (χ4v) is 8.39. The Morgan fingerprint density at radius 1 is 0.292 bits per heavy atom. The topological polar surface area (TPSA) is 9.86 Å². The van der Waals surface area contributed by atoms with Crippen LogP contribution in [0, 0.1) is 0 Å². The van der Waals surface area contributed by atoms with Crippen LogP contribution in [0.4, 0.5) is 0 Å². The predicted octanol–water partition coefficient (Wildman–Crippen LogP) is 12.4. The first kappa shape index (κ1) is 25.8. The van der Waals surface area contributed by atoms with E-state index in [9.17, 15) is 0 Å². The highest BCUT2D eigenvalue weighted by molar-refractivity contribution is 6.26. The van der Waals surface area contributed by atoms with E-state index < -0.39 is 0 Å². The summed E-state index contributed by atoms with van der Waals surface area (Å²) in [4.78, 5) is 0. The zero-order valence-electron chi connectivity index (χ0n) is 26.1. The van der Waals surface area contributed by atoms with Gasteiger partial charge in [0.05, 0.1) is 22.1 Å². The molecule has 0 aliphatic carbocycles. The molecule has 0 spiro atoms. The number of nitrogens with zero attached hydrogens (tertiary/aromatic N) is 2. The van der Waals surface area contributed by atoms with Gasteiger partial charge in [0.25, 0.3) is 0 Å². The van der Waals surface area contributed by atoms with Crippen LogP contribution in [-0.4, -0.2) is 9.13 Å². The van der Waals surface area contributed by atoms with Crippen LogP contribution in [0.15, 0.2) is 170 Å². The van der Waals surface area contributed by atoms with Crippen molar-refractivity contribution in [3.63, 3.8) is 0 Å². The molecule has 2 aromatic heterocycles. The lowest BCUT2D eigenvalue weighted by Crippen LogP contribution is -1.98. The highest BCUT2D eigenvalue weighted by atomic mass is 15.0. The summed E-state index contributed by atoms with van der Waals surface area (Å²) in [6, 6.07) is 62.5. The van der Waals surface area contributed by atoms with Crippen LogP contribution in [0.5, 0.6) is 0 Å². The molecule has 9 aromatic carbocycles. The van der Waals surface area contributed by atoms with Gasteiger partial charge in [-0.05, 0) is 79.8 Å². The SMILES string of the molecule is c1ccc(-n2c3ccccc3c3ccc4c5ccccc5n(-c5ccc(-c6ccc7ccc8cccc9ccc6c7c89)cc5)c4c32)cc1. The van der Waals surface area contributed by atoms with Crippen molar-refractivity contribution in [1.82, 2.24) is 9.13 Å². The summed E-state index contributed by atoms with van der Waals surface area (Å²) in [5, 5.41) is 12.9. The molecule has 48 heavy (non-hydrogen) atoms. The number of para-hydroxylation sites is 3. The maximum absolute atomic E-state index is 2.47. The molecule has 0 aliphatic rings. The molecule has 0 atom stereocenters. The first-order valence-corrected chi connectivity index (χ1v) is 16.6. The molecular formula is C46H28N2. The fourth-order valence-electron chi connectivity index (χ4n) is 8.39. The molecule has 0 amide bonds. The number of hydrogen-bond donors (Lipinski definition) is 0. The van der Waals surface area contributed by atoms with Gasteiger partial charge >= 0.3 is 0 Å². The number of aromatic nitrogens is 2. The van der Waals surface area contributed by atoms with E-state index in [1.165, 1.54) is 87.1 Å². The Bertz CT molecular complexity index is 3020. The molecular weight excluding hydrogens is 581 g/mol. The van der Waals surface area contributed by atoms with E-state index in [1.54, 1.807) is 0 Å². The Labute approximate surface area is 276 Å². The van der Waals surface area contributed by atoms with Gasteiger partial charge in [-0.25, -0.2) is 0 Å². The molecule has 0 aliphatic heterocycles. The van der Waals surface area contributed by atoms with E-state index in [4.69, 9.17) is 0 Å². The van der Waals surface area contributed by atoms with Crippen LogP contribution < -0.4 is 0 Å². The van der Waals surface area contributed by atoms with Crippen LogP contribution in [0.25, 0.3) is 98.4 Å². The summed E-state index contributed by atoms with van der Waals surface area (Å²) < 4.78 is 4.92. The van der Waals surface area contributed by atoms with Crippen molar-refractivity contribution < 1.29 is 0 Å². The van der Waals surface area contributed by atoms with E-state index in [-0.39, 0.29) is 0 Å². The molecule has 11 aromatic rings. The quantitative estimate of drug-likeness (QED) is 0.177. The Balaban J connectivity index is 1.19. The lowest BCUT2D eigenvalue weighted by molar-refractivity contribution is 1.15. The Kier molecular flexibility index (Phi) is 5.14. The molecule has 0 radical (unpaired) electrons. The van der Waals surface area contributed by atoms with Gasteiger partial charge < -0.3 is 9.13 Å². The minimum Gasteiger partial charge on any atom is -0.307 e. The van der Waals surface area contributed by atoms with E-state index in [0.29, 0.717) is 0 Å². The Hall–Kier alpha value is -6.38.